The SMILES string of the molecule is COc1c(C(C)N)cc(Cl)c(C)c1-c1cccc(C(=O)N(C)C)n1.Cl.Cl. The van der Waals surface area contributed by atoms with Crippen molar-refractivity contribution < 1.29 is 9.53 Å². The summed E-state index contributed by atoms with van der Waals surface area (Å²) in [6, 6.07) is 6.88. The van der Waals surface area contributed by atoms with Gasteiger partial charge in [-0.3, -0.25) is 4.79 Å². The molecule has 1 aromatic heterocycles. The van der Waals surface area contributed by atoms with E-state index in [-0.39, 0.29) is 36.8 Å². The summed E-state index contributed by atoms with van der Waals surface area (Å²) in [6.45, 7) is 3.76. The summed E-state index contributed by atoms with van der Waals surface area (Å²) in [5.41, 5.74) is 9.43. The molecule has 0 fully saturated rings. The number of nitrogens with zero attached hydrogens (tertiary/aromatic N) is 2. The molecule has 5 nitrogen and oxygen atoms in total. The molecule has 0 spiro atoms. The van der Waals surface area contributed by atoms with Crippen molar-refractivity contribution in [3.05, 3.63) is 46.1 Å². The number of halogens is 3. The van der Waals surface area contributed by atoms with Gasteiger partial charge in [-0.15, -0.1) is 24.8 Å². The molecule has 2 aromatic rings. The molecule has 144 valence electrons. The third-order valence-electron chi connectivity index (χ3n) is 3.83. The van der Waals surface area contributed by atoms with Crippen LogP contribution in [-0.4, -0.2) is 37.0 Å². The third-order valence-corrected chi connectivity index (χ3v) is 4.22. The lowest BCUT2D eigenvalue weighted by atomic mass is 9.96. The van der Waals surface area contributed by atoms with Crippen LogP contribution in [0.15, 0.2) is 24.3 Å². The highest BCUT2D eigenvalue weighted by Gasteiger charge is 2.21. The molecule has 1 atom stereocenters. The number of carbonyl (C=O) groups excluding carboxylic acids is 1. The molecule has 1 amide bonds. The normalized spacial score (nSPS) is 11.0. The van der Waals surface area contributed by atoms with Gasteiger partial charge in [0.1, 0.15) is 11.4 Å². The second kappa shape index (κ2) is 9.97. The number of carbonyl (C=O) groups is 1. The molecule has 2 rings (SSSR count). The molecule has 0 saturated carbocycles. The summed E-state index contributed by atoms with van der Waals surface area (Å²) < 4.78 is 5.60. The highest BCUT2D eigenvalue weighted by molar-refractivity contribution is 6.32. The largest absolute Gasteiger partial charge is 0.496 e. The first-order valence-corrected chi connectivity index (χ1v) is 7.97. The lowest BCUT2D eigenvalue weighted by molar-refractivity contribution is 0.0822. The van der Waals surface area contributed by atoms with Crippen molar-refractivity contribution in [3.63, 3.8) is 0 Å². The number of hydrogen-bond acceptors (Lipinski definition) is 4. The Kier molecular flexibility index (Phi) is 9.39. The standard InChI is InChI=1S/C18H22ClN3O2.2ClH/c1-10-13(19)9-12(11(2)20)17(24-5)16(10)14-7-6-8-15(21-14)18(23)22(3)4;;/h6-9,11H,20H2,1-5H3;2*1H. The zero-order valence-electron chi connectivity index (χ0n) is 15.4. The second-order valence-electron chi connectivity index (χ2n) is 5.88. The first-order chi connectivity index (χ1) is 11.3. The van der Waals surface area contributed by atoms with Gasteiger partial charge in [-0.25, -0.2) is 4.98 Å². The highest BCUT2D eigenvalue weighted by Crippen LogP contribution is 2.41. The van der Waals surface area contributed by atoms with E-state index < -0.39 is 0 Å². The van der Waals surface area contributed by atoms with E-state index in [2.05, 4.69) is 4.98 Å². The quantitative estimate of drug-likeness (QED) is 0.801. The van der Waals surface area contributed by atoms with Crippen LogP contribution in [0.4, 0.5) is 0 Å². The van der Waals surface area contributed by atoms with Crippen LogP contribution in [0.25, 0.3) is 11.3 Å². The first-order valence-electron chi connectivity index (χ1n) is 7.59. The number of nitrogens with two attached hydrogens (primary N) is 1. The summed E-state index contributed by atoms with van der Waals surface area (Å²) in [5.74, 6) is 0.469. The molecular weight excluding hydrogens is 397 g/mol. The summed E-state index contributed by atoms with van der Waals surface area (Å²) in [7, 11) is 4.97. The van der Waals surface area contributed by atoms with E-state index >= 15 is 0 Å². The molecule has 8 heteroatoms. The predicted molar refractivity (Wildman–Crippen MR) is 111 cm³/mol. The zero-order valence-corrected chi connectivity index (χ0v) is 17.8. The zero-order chi connectivity index (χ0) is 18.0. The van der Waals surface area contributed by atoms with E-state index in [4.69, 9.17) is 22.1 Å². The van der Waals surface area contributed by atoms with Gasteiger partial charge in [0.05, 0.1) is 12.8 Å². The van der Waals surface area contributed by atoms with Crippen LogP contribution in [0.1, 0.15) is 34.6 Å². The Morgan fingerprint density at radius 1 is 1.31 bits per heavy atom. The summed E-state index contributed by atoms with van der Waals surface area (Å²) >= 11 is 6.38. The fourth-order valence-corrected chi connectivity index (χ4v) is 2.75. The smallest absolute Gasteiger partial charge is 0.271 e. The van der Waals surface area contributed by atoms with Gasteiger partial charge in [0.2, 0.25) is 0 Å². The minimum absolute atomic E-state index is 0. The molecule has 0 bridgehead atoms. The number of methoxy groups -OCH3 is 1. The number of amides is 1. The van der Waals surface area contributed by atoms with Crippen molar-refractivity contribution in [1.82, 2.24) is 9.88 Å². The maximum absolute atomic E-state index is 12.2. The van der Waals surface area contributed by atoms with Gasteiger partial charge in [-0.2, -0.15) is 0 Å². The van der Waals surface area contributed by atoms with Gasteiger partial charge in [-0.1, -0.05) is 17.7 Å². The molecule has 1 aromatic carbocycles. The topological polar surface area (TPSA) is 68.5 Å². The molecule has 0 aliphatic rings. The first kappa shape index (κ1) is 24.5. The maximum Gasteiger partial charge on any atom is 0.271 e. The Balaban J connectivity index is 0.00000312. The number of hydrogen-bond donors (Lipinski definition) is 1. The van der Waals surface area contributed by atoms with Gasteiger partial charge >= 0.3 is 0 Å². The Morgan fingerprint density at radius 3 is 2.42 bits per heavy atom. The highest BCUT2D eigenvalue weighted by atomic mass is 35.5. The third kappa shape index (κ3) is 4.80. The Hall–Kier alpha value is -1.53. The van der Waals surface area contributed by atoms with Crippen molar-refractivity contribution >= 4 is 42.3 Å². The summed E-state index contributed by atoms with van der Waals surface area (Å²) in [6.07, 6.45) is 0. The van der Waals surface area contributed by atoms with Gasteiger partial charge in [0.25, 0.3) is 5.91 Å². The molecule has 0 radical (unpaired) electrons. The average Bonchev–Trinajstić information content (AvgIpc) is 2.55. The predicted octanol–water partition coefficient (Wildman–Crippen LogP) is 4.28. The van der Waals surface area contributed by atoms with E-state index in [1.165, 1.54) is 4.90 Å². The van der Waals surface area contributed by atoms with Crippen molar-refractivity contribution in [3.8, 4) is 17.0 Å². The lowest BCUT2D eigenvalue weighted by Crippen LogP contribution is -2.22. The molecule has 0 aliphatic heterocycles. The van der Waals surface area contributed by atoms with Crippen LogP contribution in [0, 0.1) is 6.92 Å². The van der Waals surface area contributed by atoms with Gasteiger partial charge < -0.3 is 15.4 Å². The van der Waals surface area contributed by atoms with E-state index in [0.29, 0.717) is 22.2 Å². The van der Waals surface area contributed by atoms with Crippen LogP contribution in [0.3, 0.4) is 0 Å². The lowest BCUT2D eigenvalue weighted by Gasteiger charge is -2.19. The van der Waals surface area contributed by atoms with Crippen LogP contribution in [0.2, 0.25) is 5.02 Å². The molecule has 0 saturated heterocycles. The minimum Gasteiger partial charge on any atom is -0.496 e. The number of benzene rings is 1. The van der Waals surface area contributed by atoms with Gasteiger partial charge in [-0.05, 0) is 37.6 Å². The number of ether oxygens (including phenoxy) is 1. The second-order valence-corrected chi connectivity index (χ2v) is 6.28. The van der Waals surface area contributed by atoms with E-state index in [1.54, 1.807) is 33.3 Å². The van der Waals surface area contributed by atoms with Crippen molar-refractivity contribution in [2.24, 2.45) is 5.73 Å². The van der Waals surface area contributed by atoms with Crippen LogP contribution >= 0.6 is 36.4 Å². The van der Waals surface area contributed by atoms with Crippen LogP contribution in [0.5, 0.6) is 5.75 Å². The molecule has 26 heavy (non-hydrogen) atoms. The summed E-state index contributed by atoms with van der Waals surface area (Å²) in [4.78, 5) is 18.2. The molecule has 1 heterocycles. The molecule has 0 aliphatic carbocycles. The van der Waals surface area contributed by atoms with E-state index in [9.17, 15) is 4.79 Å². The van der Waals surface area contributed by atoms with Crippen LogP contribution < -0.4 is 10.5 Å². The minimum atomic E-state index is -0.247. The van der Waals surface area contributed by atoms with Gasteiger partial charge in [0, 0.05) is 36.3 Å². The molecule has 1 unspecified atom stereocenters. The Morgan fingerprint density at radius 2 is 1.92 bits per heavy atom. The Bertz CT molecular complexity index is 781. The average molecular weight is 421 g/mol. The monoisotopic (exact) mass is 419 g/mol. The fourth-order valence-electron chi connectivity index (χ4n) is 2.53. The fraction of sp³-hybridized carbons (Fsp3) is 0.333. The van der Waals surface area contributed by atoms with Crippen molar-refractivity contribution in [1.29, 1.82) is 0 Å². The molecular formula is C18H24Cl3N3O2. The van der Waals surface area contributed by atoms with Crippen LogP contribution in [-0.2, 0) is 0 Å². The molecule has 2 N–H and O–H groups in total. The van der Waals surface area contributed by atoms with E-state index in [1.807, 2.05) is 26.0 Å². The maximum atomic E-state index is 12.2. The van der Waals surface area contributed by atoms with Gasteiger partial charge in [0.15, 0.2) is 0 Å². The van der Waals surface area contributed by atoms with E-state index in [0.717, 1.165) is 16.7 Å². The van der Waals surface area contributed by atoms with Crippen molar-refractivity contribution in [2.75, 3.05) is 21.2 Å². The number of pyridine rings is 1. The Labute approximate surface area is 171 Å². The van der Waals surface area contributed by atoms with Crippen molar-refractivity contribution in [2.45, 2.75) is 19.9 Å². The summed E-state index contributed by atoms with van der Waals surface area (Å²) in [5, 5.41) is 0.587. The number of rotatable bonds is 4. The number of aromatic nitrogens is 1.